The molecule has 1 aliphatic carbocycles. The minimum absolute atomic E-state index is 0.0458. The minimum atomic E-state index is -3.63. The van der Waals surface area contributed by atoms with E-state index in [0.29, 0.717) is 11.8 Å². The van der Waals surface area contributed by atoms with Gasteiger partial charge in [-0.15, -0.1) is 0 Å². The summed E-state index contributed by atoms with van der Waals surface area (Å²) in [6, 6.07) is 8.22. The molecule has 0 aliphatic heterocycles. The fourth-order valence-corrected chi connectivity index (χ4v) is 4.32. The van der Waals surface area contributed by atoms with Crippen LogP contribution in [0.5, 0.6) is 0 Å². The molecule has 3 unspecified atom stereocenters. The van der Waals surface area contributed by atoms with Crippen LogP contribution in [0, 0.1) is 23.2 Å². The molecule has 1 fully saturated rings. The molecule has 0 heterocycles. The fraction of sp³-hybridized carbons (Fsp3) is 0.533. The van der Waals surface area contributed by atoms with Gasteiger partial charge in [0.1, 0.15) is 6.07 Å². The van der Waals surface area contributed by atoms with Crippen LogP contribution in [-0.2, 0) is 10.0 Å². The van der Waals surface area contributed by atoms with Crippen molar-refractivity contribution in [3.05, 3.63) is 29.8 Å². The first kappa shape index (κ1) is 15.0. The zero-order chi connectivity index (χ0) is 14.8. The first-order chi connectivity index (χ1) is 9.45. The number of hydrogen-bond donors (Lipinski definition) is 1. The summed E-state index contributed by atoms with van der Waals surface area (Å²) in [6.45, 7) is 4.25. The summed E-state index contributed by atoms with van der Waals surface area (Å²) < 4.78 is 27.7. The summed E-state index contributed by atoms with van der Waals surface area (Å²) in [5.74, 6) is 0.829. The number of nitrogens with one attached hydrogen (secondary N) is 1. The lowest BCUT2D eigenvalue weighted by Crippen LogP contribution is -2.43. The highest BCUT2D eigenvalue weighted by Crippen LogP contribution is 2.30. The summed E-state index contributed by atoms with van der Waals surface area (Å²) in [5, 5.41) is 9.04. The van der Waals surface area contributed by atoms with Crippen LogP contribution in [0.15, 0.2) is 29.2 Å². The molecule has 0 saturated heterocycles. The Labute approximate surface area is 120 Å². The molecular weight excluding hydrogens is 272 g/mol. The Morgan fingerprint density at radius 1 is 1.25 bits per heavy atom. The molecule has 1 N–H and O–H groups in total. The van der Waals surface area contributed by atoms with Crippen molar-refractivity contribution >= 4 is 10.0 Å². The second kappa shape index (κ2) is 5.94. The number of rotatable bonds is 3. The van der Waals surface area contributed by atoms with Crippen molar-refractivity contribution in [3.63, 3.8) is 0 Å². The average Bonchev–Trinajstić information content (AvgIpc) is 2.43. The molecule has 3 atom stereocenters. The van der Waals surface area contributed by atoms with Crippen molar-refractivity contribution in [2.24, 2.45) is 11.8 Å². The van der Waals surface area contributed by atoms with Crippen LogP contribution in [0.1, 0.15) is 38.7 Å². The van der Waals surface area contributed by atoms with Gasteiger partial charge in [-0.05, 0) is 30.4 Å². The molecule has 0 amide bonds. The maximum atomic E-state index is 12.5. The normalized spacial score (nSPS) is 26.9. The molecular formula is C15H20N2O2S. The summed E-state index contributed by atoms with van der Waals surface area (Å²) in [4.78, 5) is 0.0768. The van der Waals surface area contributed by atoms with E-state index in [-0.39, 0.29) is 16.5 Å². The molecule has 0 radical (unpaired) electrons. The van der Waals surface area contributed by atoms with Gasteiger partial charge in [0.2, 0.25) is 10.0 Å². The van der Waals surface area contributed by atoms with Crippen molar-refractivity contribution in [3.8, 4) is 6.07 Å². The summed E-state index contributed by atoms with van der Waals surface area (Å²) in [6.07, 6.45) is 3.05. The number of nitrogens with zero attached hydrogens (tertiary/aromatic N) is 1. The molecule has 1 aliphatic rings. The van der Waals surface area contributed by atoms with Crippen molar-refractivity contribution in [2.75, 3.05) is 0 Å². The minimum Gasteiger partial charge on any atom is -0.208 e. The van der Waals surface area contributed by atoms with Crippen molar-refractivity contribution < 1.29 is 8.42 Å². The Hall–Kier alpha value is -1.38. The Bertz CT molecular complexity index is 619. The lowest BCUT2D eigenvalue weighted by Gasteiger charge is -2.34. The fourth-order valence-electron chi connectivity index (χ4n) is 2.80. The molecule has 0 aromatic heterocycles. The zero-order valence-corrected chi connectivity index (χ0v) is 12.7. The van der Waals surface area contributed by atoms with Crippen LogP contribution >= 0.6 is 0 Å². The highest BCUT2D eigenvalue weighted by atomic mass is 32.2. The van der Waals surface area contributed by atoms with E-state index >= 15 is 0 Å². The molecule has 1 aromatic rings. The Morgan fingerprint density at radius 2 is 1.95 bits per heavy atom. The van der Waals surface area contributed by atoms with Gasteiger partial charge in [0.25, 0.3) is 0 Å². The SMILES string of the molecule is CC1CCCC(NS(=O)(=O)c2ccccc2C#N)C1C. The van der Waals surface area contributed by atoms with Gasteiger partial charge < -0.3 is 0 Å². The van der Waals surface area contributed by atoms with Gasteiger partial charge in [0.05, 0.1) is 10.5 Å². The molecule has 0 bridgehead atoms. The predicted octanol–water partition coefficient (Wildman–Crippen LogP) is 2.66. The lowest BCUT2D eigenvalue weighted by molar-refractivity contribution is 0.227. The van der Waals surface area contributed by atoms with Crippen LogP contribution < -0.4 is 4.72 Å². The van der Waals surface area contributed by atoms with Crippen LogP contribution in [0.2, 0.25) is 0 Å². The van der Waals surface area contributed by atoms with E-state index in [1.54, 1.807) is 12.1 Å². The third-order valence-electron chi connectivity index (χ3n) is 4.31. The average molecular weight is 292 g/mol. The summed E-state index contributed by atoms with van der Waals surface area (Å²) >= 11 is 0. The zero-order valence-electron chi connectivity index (χ0n) is 11.8. The largest absolute Gasteiger partial charge is 0.242 e. The van der Waals surface area contributed by atoms with Gasteiger partial charge in [0.15, 0.2) is 0 Å². The van der Waals surface area contributed by atoms with E-state index in [2.05, 4.69) is 18.6 Å². The molecule has 1 aromatic carbocycles. The van der Waals surface area contributed by atoms with Gasteiger partial charge in [-0.25, -0.2) is 13.1 Å². The first-order valence-corrected chi connectivity index (χ1v) is 8.45. The third kappa shape index (κ3) is 3.02. The van der Waals surface area contributed by atoms with Crippen LogP contribution in [0.4, 0.5) is 0 Å². The van der Waals surface area contributed by atoms with E-state index in [9.17, 15) is 8.42 Å². The van der Waals surface area contributed by atoms with E-state index in [0.717, 1.165) is 19.3 Å². The number of nitriles is 1. The van der Waals surface area contributed by atoms with Crippen molar-refractivity contribution in [1.29, 1.82) is 5.26 Å². The molecule has 2 rings (SSSR count). The van der Waals surface area contributed by atoms with Crippen LogP contribution in [0.3, 0.4) is 0 Å². The van der Waals surface area contributed by atoms with Gasteiger partial charge in [-0.3, -0.25) is 0 Å². The first-order valence-electron chi connectivity index (χ1n) is 6.97. The topological polar surface area (TPSA) is 70.0 Å². The lowest BCUT2D eigenvalue weighted by atomic mass is 9.78. The van der Waals surface area contributed by atoms with Gasteiger partial charge in [-0.1, -0.05) is 38.8 Å². The van der Waals surface area contributed by atoms with E-state index in [1.165, 1.54) is 12.1 Å². The van der Waals surface area contributed by atoms with Gasteiger partial charge in [-0.2, -0.15) is 5.26 Å². The second-order valence-electron chi connectivity index (χ2n) is 5.60. The highest BCUT2D eigenvalue weighted by Gasteiger charge is 2.31. The van der Waals surface area contributed by atoms with Crippen molar-refractivity contribution in [1.82, 2.24) is 4.72 Å². The molecule has 20 heavy (non-hydrogen) atoms. The Kier molecular flexibility index (Phi) is 4.46. The third-order valence-corrected chi connectivity index (χ3v) is 5.86. The molecule has 1 saturated carbocycles. The van der Waals surface area contributed by atoms with Crippen LogP contribution in [-0.4, -0.2) is 14.5 Å². The Morgan fingerprint density at radius 3 is 2.65 bits per heavy atom. The smallest absolute Gasteiger partial charge is 0.208 e. The summed E-state index contributed by atoms with van der Waals surface area (Å²) in [5.41, 5.74) is 0.191. The molecule has 4 nitrogen and oxygen atoms in total. The van der Waals surface area contributed by atoms with Gasteiger partial charge in [0, 0.05) is 6.04 Å². The van der Waals surface area contributed by atoms with E-state index < -0.39 is 10.0 Å². The quantitative estimate of drug-likeness (QED) is 0.931. The number of hydrogen-bond acceptors (Lipinski definition) is 3. The summed E-state index contributed by atoms with van der Waals surface area (Å²) in [7, 11) is -3.63. The van der Waals surface area contributed by atoms with Crippen LogP contribution in [0.25, 0.3) is 0 Å². The molecule has 108 valence electrons. The predicted molar refractivity (Wildman–Crippen MR) is 77.4 cm³/mol. The second-order valence-corrected chi connectivity index (χ2v) is 7.29. The Balaban J connectivity index is 2.26. The monoisotopic (exact) mass is 292 g/mol. The number of sulfonamides is 1. The molecule has 0 spiro atoms. The standard InChI is InChI=1S/C15H20N2O2S/c1-11-6-5-8-14(12(11)2)17-20(18,19)15-9-4-3-7-13(15)10-16/h3-4,7,9,11-12,14,17H,5-6,8H2,1-2H3. The van der Waals surface area contributed by atoms with E-state index in [1.807, 2.05) is 6.07 Å². The van der Waals surface area contributed by atoms with Gasteiger partial charge >= 0.3 is 0 Å². The maximum Gasteiger partial charge on any atom is 0.242 e. The molecule has 5 heteroatoms. The number of benzene rings is 1. The van der Waals surface area contributed by atoms with Crippen molar-refractivity contribution in [2.45, 2.75) is 44.0 Å². The highest BCUT2D eigenvalue weighted by molar-refractivity contribution is 7.89. The maximum absolute atomic E-state index is 12.5. The van der Waals surface area contributed by atoms with E-state index in [4.69, 9.17) is 5.26 Å².